The number of nitrogens with zero attached hydrogens (tertiary/aromatic N) is 2. The van der Waals surface area contributed by atoms with Gasteiger partial charge in [0.05, 0.1) is 24.6 Å². The van der Waals surface area contributed by atoms with E-state index in [4.69, 9.17) is 4.42 Å². The molecule has 2 aromatic heterocycles. The third-order valence-corrected chi connectivity index (χ3v) is 3.94. The third-order valence-electron chi connectivity index (χ3n) is 3.94. The molecule has 1 atom stereocenters. The van der Waals surface area contributed by atoms with Crippen molar-refractivity contribution in [3.63, 3.8) is 0 Å². The Morgan fingerprint density at radius 2 is 2.27 bits per heavy atom. The third kappa shape index (κ3) is 2.80. The van der Waals surface area contributed by atoms with Crippen molar-refractivity contribution in [2.24, 2.45) is 13.0 Å². The smallest absolute Gasteiger partial charge is 0.296 e. The van der Waals surface area contributed by atoms with Crippen LogP contribution in [0.15, 0.2) is 35.2 Å². The maximum atomic E-state index is 12.1. The van der Waals surface area contributed by atoms with Gasteiger partial charge in [-0.1, -0.05) is 0 Å². The van der Waals surface area contributed by atoms with Gasteiger partial charge in [-0.05, 0) is 30.9 Å². The van der Waals surface area contributed by atoms with E-state index in [0.717, 1.165) is 5.56 Å². The number of carbonyl (C=O) groups excluding carboxylic acids is 2. The average molecular weight is 303 g/mol. The van der Waals surface area contributed by atoms with Crippen LogP contribution in [0.5, 0.6) is 0 Å². The maximum Gasteiger partial charge on any atom is 0.296 e. The van der Waals surface area contributed by atoms with Crippen LogP contribution in [0, 0.1) is 5.92 Å². The van der Waals surface area contributed by atoms with E-state index in [2.05, 4.69) is 10.4 Å². The molecular formula is C15H17N3O4. The average Bonchev–Trinajstić information content (AvgIpc) is 3.12. The number of aliphatic hydroxyl groups is 1. The van der Waals surface area contributed by atoms with Crippen LogP contribution in [0.3, 0.4) is 0 Å². The number of furan rings is 1. The molecule has 7 nitrogen and oxygen atoms in total. The summed E-state index contributed by atoms with van der Waals surface area (Å²) in [4.78, 5) is 24.1. The largest absolute Gasteiger partial charge is 0.461 e. The fourth-order valence-electron chi connectivity index (χ4n) is 2.70. The van der Waals surface area contributed by atoms with Crippen molar-refractivity contribution in [3.05, 3.63) is 42.1 Å². The lowest BCUT2D eigenvalue weighted by molar-refractivity contribution is -0.119. The molecule has 1 fully saturated rings. The van der Waals surface area contributed by atoms with Crippen molar-refractivity contribution >= 4 is 11.7 Å². The summed E-state index contributed by atoms with van der Waals surface area (Å²) in [5.74, 6) is -1.33. The first-order chi connectivity index (χ1) is 10.5. The van der Waals surface area contributed by atoms with Gasteiger partial charge in [-0.3, -0.25) is 14.3 Å². The number of carbonyl (C=O) groups is 2. The first-order valence-corrected chi connectivity index (χ1v) is 7.10. The molecule has 0 bridgehead atoms. The molecule has 0 unspecified atom stereocenters. The number of aliphatic hydroxyl groups excluding tert-OH is 1. The van der Waals surface area contributed by atoms with E-state index in [-0.39, 0.29) is 23.8 Å². The van der Waals surface area contributed by atoms with Crippen LogP contribution < -0.4 is 5.32 Å². The predicted molar refractivity (Wildman–Crippen MR) is 75.9 cm³/mol. The Morgan fingerprint density at radius 1 is 1.50 bits per heavy atom. The van der Waals surface area contributed by atoms with Gasteiger partial charge < -0.3 is 14.8 Å². The molecule has 0 spiro atoms. The van der Waals surface area contributed by atoms with Gasteiger partial charge in [0.1, 0.15) is 0 Å². The van der Waals surface area contributed by atoms with Gasteiger partial charge in [0, 0.05) is 18.8 Å². The molecule has 0 radical (unpaired) electrons. The number of rotatable bonds is 5. The summed E-state index contributed by atoms with van der Waals surface area (Å²) in [6.07, 6.45) is 5.65. The van der Waals surface area contributed by atoms with Crippen molar-refractivity contribution < 1.29 is 19.1 Å². The van der Waals surface area contributed by atoms with Crippen LogP contribution in [0.4, 0.5) is 0 Å². The predicted octanol–water partition coefficient (Wildman–Crippen LogP) is 0.824. The zero-order chi connectivity index (χ0) is 15.7. The number of Topliss-reactive ketones (excluding diaryl/α,β-unsaturated/α-hetero) is 1. The minimum atomic E-state index is -0.717. The molecule has 7 heteroatoms. The molecule has 22 heavy (non-hydrogen) atoms. The summed E-state index contributed by atoms with van der Waals surface area (Å²) < 4.78 is 6.60. The van der Waals surface area contributed by atoms with E-state index in [9.17, 15) is 14.7 Å². The van der Waals surface area contributed by atoms with E-state index in [0.29, 0.717) is 12.8 Å². The summed E-state index contributed by atoms with van der Waals surface area (Å²) in [7, 11) is 1.78. The standard InChI is InChI=1S/C15H17N3O4/c1-18-8-10(7-16-18)13(9-5-11(19)6-9)17-15(21)14(20)12-3-2-4-22-12/h2-4,7-9,11,13,19H,5-6H2,1H3,(H,17,21)/t9?,11?,13-/m1/s1. The van der Waals surface area contributed by atoms with Crippen LogP contribution in [0.25, 0.3) is 0 Å². The maximum absolute atomic E-state index is 12.1. The van der Waals surface area contributed by atoms with Crippen molar-refractivity contribution in [2.45, 2.75) is 25.0 Å². The summed E-state index contributed by atoms with van der Waals surface area (Å²) in [6.45, 7) is 0. The summed E-state index contributed by atoms with van der Waals surface area (Å²) >= 11 is 0. The van der Waals surface area contributed by atoms with Gasteiger partial charge in [0.2, 0.25) is 0 Å². The van der Waals surface area contributed by atoms with Crippen LogP contribution in [-0.4, -0.2) is 32.7 Å². The molecule has 116 valence electrons. The van der Waals surface area contributed by atoms with E-state index >= 15 is 0 Å². The minimum Gasteiger partial charge on any atom is -0.461 e. The fraction of sp³-hybridized carbons (Fsp3) is 0.400. The Hall–Kier alpha value is -2.41. The van der Waals surface area contributed by atoms with Crippen molar-refractivity contribution in [1.29, 1.82) is 0 Å². The number of ketones is 1. The molecule has 0 aliphatic heterocycles. The Bertz CT molecular complexity index is 671. The summed E-state index contributed by atoms with van der Waals surface area (Å²) in [6, 6.07) is 2.67. The normalized spacial score (nSPS) is 21.9. The van der Waals surface area contributed by atoms with Gasteiger partial charge in [0.25, 0.3) is 11.7 Å². The number of aryl methyl sites for hydroxylation is 1. The highest BCUT2D eigenvalue weighted by Gasteiger charge is 2.37. The van der Waals surface area contributed by atoms with Gasteiger partial charge in [-0.2, -0.15) is 5.10 Å². The Balaban J connectivity index is 1.75. The van der Waals surface area contributed by atoms with Crippen LogP contribution in [0.2, 0.25) is 0 Å². The molecule has 2 aromatic rings. The lowest BCUT2D eigenvalue weighted by Crippen LogP contribution is -2.43. The highest BCUT2D eigenvalue weighted by Crippen LogP contribution is 2.37. The highest BCUT2D eigenvalue weighted by molar-refractivity contribution is 6.42. The first kappa shape index (κ1) is 14.5. The number of aromatic nitrogens is 2. The van der Waals surface area contributed by atoms with E-state index in [1.54, 1.807) is 30.2 Å². The number of amides is 1. The lowest BCUT2D eigenvalue weighted by Gasteiger charge is -2.37. The number of nitrogens with one attached hydrogen (secondary N) is 1. The molecule has 0 saturated heterocycles. The Labute approximate surface area is 126 Å². The minimum absolute atomic E-state index is 0.0103. The fourth-order valence-corrected chi connectivity index (χ4v) is 2.70. The topological polar surface area (TPSA) is 97.4 Å². The first-order valence-electron chi connectivity index (χ1n) is 7.10. The second-order valence-corrected chi connectivity index (χ2v) is 5.59. The van der Waals surface area contributed by atoms with Gasteiger partial charge >= 0.3 is 0 Å². The molecule has 3 rings (SSSR count). The molecule has 1 saturated carbocycles. The van der Waals surface area contributed by atoms with Gasteiger partial charge in [0.15, 0.2) is 5.76 Å². The van der Waals surface area contributed by atoms with Gasteiger partial charge in [-0.25, -0.2) is 0 Å². The molecule has 1 aliphatic carbocycles. The highest BCUT2D eigenvalue weighted by atomic mass is 16.3. The van der Waals surface area contributed by atoms with Crippen molar-refractivity contribution in [1.82, 2.24) is 15.1 Å². The summed E-state index contributed by atoms with van der Waals surface area (Å²) in [5, 5.41) is 16.3. The zero-order valence-electron chi connectivity index (χ0n) is 12.1. The van der Waals surface area contributed by atoms with E-state index in [1.165, 1.54) is 12.3 Å². The van der Waals surface area contributed by atoms with Gasteiger partial charge in [-0.15, -0.1) is 0 Å². The monoisotopic (exact) mass is 303 g/mol. The zero-order valence-corrected chi connectivity index (χ0v) is 12.1. The van der Waals surface area contributed by atoms with Crippen LogP contribution in [-0.2, 0) is 11.8 Å². The molecule has 0 aromatic carbocycles. The molecule has 1 aliphatic rings. The van der Waals surface area contributed by atoms with Crippen molar-refractivity contribution in [3.8, 4) is 0 Å². The van der Waals surface area contributed by atoms with E-state index in [1.807, 2.05) is 0 Å². The molecular weight excluding hydrogens is 286 g/mol. The van der Waals surface area contributed by atoms with E-state index < -0.39 is 11.7 Å². The quantitative estimate of drug-likeness (QED) is 0.629. The lowest BCUT2D eigenvalue weighted by atomic mass is 9.75. The van der Waals surface area contributed by atoms with Crippen molar-refractivity contribution in [2.75, 3.05) is 0 Å². The molecule has 1 amide bonds. The number of hydrogen-bond acceptors (Lipinski definition) is 5. The second-order valence-electron chi connectivity index (χ2n) is 5.59. The second kappa shape index (κ2) is 5.76. The Kier molecular flexibility index (Phi) is 3.81. The Morgan fingerprint density at radius 3 is 2.82 bits per heavy atom. The van der Waals surface area contributed by atoms with Crippen LogP contribution in [0.1, 0.15) is 35.0 Å². The molecule has 2 heterocycles. The summed E-state index contributed by atoms with van der Waals surface area (Å²) in [5.41, 5.74) is 0.819. The number of hydrogen-bond donors (Lipinski definition) is 2. The van der Waals surface area contributed by atoms with Crippen LogP contribution >= 0.6 is 0 Å². The molecule has 2 N–H and O–H groups in total. The SMILES string of the molecule is Cn1cc([C@H](NC(=O)C(=O)c2ccco2)C2CC(O)C2)cn1.